The second-order valence-corrected chi connectivity index (χ2v) is 5.98. The second kappa shape index (κ2) is 5.69. The quantitative estimate of drug-likeness (QED) is 0.467. The van der Waals surface area contributed by atoms with Crippen LogP contribution in [0.15, 0.2) is 36.4 Å². The van der Waals surface area contributed by atoms with Crippen LogP contribution in [0.3, 0.4) is 0 Å². The number of nitro groups is 1. The van der Waals surface area contributed by atoms with Gasteiger partial charge in [-0.2, -0.15) is 4.98 Å². The Morgan fingerprint density at radius 2 is 1.76 bits per heavy atom. The highest BCUT2D eigenvalue weighted by Crippen LogP contribution is 2.31. The van der Waals surface area contributed by atoms with Gasteiger partial charge in [-0.05, 0) is 29.2 Å². The van der Waals surface area contributed by atoms with Crippen LogP contribution in [0.25, 0.3) is 0 Å². The minimum Gasteiger partial charge on any atom is -0.434 e. The van der Waals surface area contributed by atoms with Crippen molar-refractivity contribution in [1.29, 1.82) is 0 Å². The molecular weight excluding hydrogens is 292 g/mol. The van der Waals surface area contributed by atoms with Gasteiger partial charge in [0.2, 0.25) is 0 Å². The van der Waals surface area contributed by atoms with Gasteiger partial charge in [0.25, 0.3) is 0 Å². The molecule has 21 heavy (non-hydrogen) atoms. The molecule has 0 amide bonds. The summed E-state index contributed by atoms with van der Waals surface area (Å²) in [6.07, 6.45) is 0. The van der Waals surface area contributed by atoms with Crippen molar-refractivity contribution in [2.24, 2.45) is 0 Å². The minimum atomic E-state index is -0.553. The lowest BCUT2D eigenvalue weighted by atomic mass is 9.87. The van der Waals surface area contributed by atoms with Crippen LogP contribution < -0.4 is 4.74 Å². The molecule has 2 aromatic rings. The first-order valence-electron chi connectivity index (χ1n) is 6.37. The lowest BCUT2D eigenvalue weighted by Crippen LogP contribution is -2.10. The van der Waals surface area contributed by atoms with Gasteiger partial charge in [-0.15, -0.1) is 0 Å². The van der Waals surface area contributed by atoms with Crippen molar-refractivity contribution in [3.05, 3.63) is 57.2 Å². The van der Waals surface area contributed by atoms with Crippen molar-refractivity contribution in [3.63, 3.8) is 0 Å². The molecule has 1 aromatic carbocycles. The lowest BCUT2D eigenvalue weighted by molar-refractivity contribution is -0.386. The SMILES string of the molecule is CC(C)(C)c1ccc(Oc2nc(Cl)ccc2[N+](=O)[O-])cc1. The van der Waals surface area contributed by atoms with Crippen molar-refractivity contribution in [3.8, 4) is 11.6 Å². The molecule has 0 aliphatic rings. The largest absolute Gasteiger partial charge is 0.434 e. The van der Waals surface area contributed by atoms with Gasteiger partial charge in [-0.3, -0.25) is 10.1 Å². The van der Waals surface area contributed by atoms with Gasteiger partial charge in [-0.25, -0.2) is 0 Å². The number of benzene rings is 1. The Morgan fingerprint density at radius 1 is 1.14 bits per heavy atom. The molecule has 0 bridgehead atoms. The van der Waals surface area contributed by atoms with Gasteiger partial charge in [0.1, 0.15) is 10.9 Å². The predicted octanol–water partition coefficient (Wildman–Crippen LogP) is 4.73. The van der Waals surface area contributed by atoms with Crippen molar-refractivity contribution in [1.82, 2.24) is 4.98 Å². The average molecular weight is 307 g/mol. The summed E-state index contributed by atoms with van der Waals surface area (Å²) < 4.78 is 5.48. The van der Waals surface area contributed by atoms with Crippen molar-refractivity contribution < 1.29 is 9.66 Å². The van der Waals surface area contributed by atoms with E-state index in [-0.39, 0.29) is 22.1 Å². The van der Waals surface area contributed by atoms with E-state index in [1.54, 1.807) is 12.1 Å². The highest BCUT2D eigenvalue weighted by molar-refractivity contribution is 6.29. The summed E-state index contributed by atoms with van der Waals surface area (Å²) >= 11 is 5.76. The molecule has 0 aliphatic carbocycles. The molecule has 1 heterocycles. The van der Waals surface area contributed by atoms with Gasteiger partial charge in [0.15, 0.2) is 0 Å². The smallest absolute Gasteiger partial charge is 0.331 e. The molecule has 0 aliphatic heterocycles. The summed E-state index contributed by atoms with van der Waals surface area (Å²) in [5.41, 5.74) is 0.946. The maximum absolute atomic E-state index is 11.0. The molecule has 5 nitrogen and oxygen atoms in total. The molecule has 0 N–H and O–H groups in total. The maximum Gasteiger partial charge on any atom is 0.331 e. The van der Waals surface area contributed by atoms with E-state index in [0.29, 0.717) is 5.75 Å². The first-order chi connectivity index (χ1) is 9.77. The number of nitrogens with zero attached hydrogens (tertiary/aromatic N) is 2. The molecule has 0 fully saturated rings. The molecule has 0 radical (unpaired) electrons. The first kappa shape index (κ1) is 15.3. The summed E-state index contributed by atoms with van der Waals surface area (Å²) in [6.45, 7) is 6.31. The van der Waals surface area contributed by atoms with Gasteiger partial charge < -0.3 is 4.74 Å². The van der Waals surface area contributed by atoms with E-state index >= 15 is 0 Å². The zero-order valence-electron chi connectivity index (χ0n) is 12.0. The zero-order chi connectivity index (χ0) is 15.6. The summed E-state index contributed by atoms with van der Waals surface area (Å²) in [7, 11) is 0. The zero-order valence-corrected chi connectivity index (χ0v) is 12.7. The first-order valence-corrected chi connectivity index (χ1v) is 6.74. The fourth-order valence-electron chi connectivity index (χ4n) is 1.76. The number of hydrogen-bond acceptors (Lipinski definition) is 4. The molecule has 0 atom stereocenters. The van der Waals surface area contributed by atoms with E-state index in [1.807, 2.05) is 12.1 Å². The fraction of sp³-hybridized carbons (Fsp3) is 0.267. The Hall–Kier alpha value is -2.14. The summed E-state index contributed by atoms with van der Waals surface area (Å²) in [4.78, 5) is 14.3. The van der Waals surface area contributed by atoms with Crippen LogP contribution in [0.5, 0.6) is 11.6 Å². The van der Waals surface area contributed by atoms with Crippen LogP contribution in [0.2, 0.25) is 5.15 Å². The third-order valence-electron chi connectivity index (χ3n) is 2.94. The molecule has 2 rings (SSSR count). The van der Waals surface area contributed by atoms with Crippen LogP contribution in [-0.4, -0.2) is 9.91 Å². The number of aromatic nitrogens is 1. The number of halogens is 1. The Kier molecular flexibility index (Phi) is 4.14. The summed E-state index contributed by atoms with van der Waals surface area (Å²) in [6, 6.07) is 9.99. The van der Waals surface area contributed by atoms with E-state index < -0.39 is 4.92 Å². The maximum atomic E-state index is 11.0. The number of rotatable bonds is 3. The molecule has 110 valence electrons. The topological polar surface area (TPSA) is 65.3 Å². The highest BCUT2D eigenvalue weighted by Gasteiger charge is 2.19. The summed E-state index contributed by atoms with van der Waals surface area (Å²) in [5.74, 6) is 0.358. The van der Waals surface area contributed by atoms with E-state index in [0.717, 1.165) is 5.56 Å². The van der Waals surface area contributed by atoms with Gasteiger partial charge in [-0.1, -0.05) is 44.5 Å². The van der Waals surface area contributed by atoms with Crippen LogP contribution in [0.4, 0.5) is 5.69 Å². The molecule has 1 aromatic heterocycles. The van der Waals surface area contributed by atoms with Crippen molar-refractivity contribution in [2.45, 2.75) is 26.2 Å². The lowest BCUT2D eigenvalue weighted by Gasteiger charge is -2.19. The van der Waals surface area contributed by atoms with Crippen molar-refractivity contribution >= 4 is 17.3 Å². The minimum absolute atomic E-state index is 0.0266. The summed E-state index contributed by atoms with van der Waals surface area (Å²) in [5, 5.41) is 11.1. The number of ether oxygens (including phenoxy) is 1. The van der Waals surface area contributed by atoms with Gasteiger partial charge in [0, 0.05) is 6.07 Å². The molecule has 0 saturated carbocycles. The van der Waals surface area contributed by atoms with Crippen molar-refractivity contribution in [2.75, 3.05) is 0 Å². The standard InChI is InChI=1S/C15H15ClN2O3/c1-15(2,3)10-4-6-11(7-5-10)21-14-12(18(19)20)8-9-13(16)17-14/h4-9H,1-3H3. The Balaban J connectivity index is 2.30. The number of pyridine rings is 1. The van der Waals surface area contributed by atoms with E-state index in [1.165, 1.54) is 12.1 Å². The van der Waals surface area contributed by atoms with Crippen LogP contribution in [-0.2, 0) is 5.41 Å². The molecule has 0 saturated heterocycles. The monoisotopic (exact) mass is 306 g/mol. The second-order valence-electron chi connectivity index (χ2n) is 5.59. The molecule has 0 spiro atoms. The third-order valence-corrected chi connectivity index (χ3v) is 3.15. The Morgan fingerprint density at radius 3 is 2.29 bits per heavy atom. The van der Waals surface area contributed by atoms with Gasteiger partial charge in [0.05, 0.1) is 4.92 Å². The molecular formula is C15H15ClN2O3. The molecule has 6 heteroatoms. The van der Waals surface area contributed by atoms with E-state index in [2.05, 4.69) is 25.8 Å². The fourth-order valence-corrected chi connectivity index (χ4v) is 1.90. The molecule has 0 unspecified atom stereocenters. The van der Waals surface area contributed by atoms with Gasteiger partial charge >= 0.3 is 11.6 Å². The predicted molar refractivity (Wildman–Crippen MR) is 81.1 cm³/mol. The number of hydrogen-bond donors (Lipinski definition) is 0. The highest BCUT2D eigenvalue weighted by atomic mass is 35.5. The van der Waals surface area contributed by atoms with Crippen LogP contribution in [0, 0.1) is 10.1 Å². The van der Waals surface area contributed by atoms with Crippen LogP contribution >= 0.6 is 11.6 Å². The van der Waals surface area contributed by atoms with Crippen LogP contribution in [0.1, 0.15) is 26.3 Å². The average Bonchev–Trinajstić information content (AvgIpc) is 2.38. The van der Waals surface area contributed by atoms with E-state index in [9.17, 15) is 10.1 Å². The Bertz CT molecular complexity index is 664. The third kappa shape index (κ3) is 3.70. The Labute approximate surface area is 127 Å². The van der Waals surface area contributed by atoms with E-state index in [4.69, 9.17) is 16.3 Å². The normalized spacial score (nSPS) is 11.2.